The Labute approximate surface area is 176 Å². The van der Waals surface area contributed by atoms with E-state index in [4.69, 9.17) is 10.2 Å². The molecule has 5 N–H and O–H groups in total. The molecule has 0 fully saturated rings. The van der Waals surface area contributed by atoms with Gasteiger partial charge >= 0.3 is 23.9 Å². The van der Waals surface area contributed by atoms with Crippen molar-refractivity contribution < 1.29 is 39.3 Å². The number of carboxylic acids is 3. The van der Waals surface area contributed by atoms with Crippen LogP contribution in [0.3, 0.4) is 0 Å². The zero-order valence-electron chi connectivity index (χ0n) is 17.5. The quantitative estimate of drug-likeness (QED) is 0.206. The van der Waals surface area contributed by atoms with Crippen LogP contribution in [0.2, 0.25) is 0 Å². The molecule has 10 heteroatoms. The number of hydrogen-bond acceptors (Lipinski definition) is 5. The SMILES string of the molecule is CCCCCCC(=O)CCCCCC(NC(=O)NC(CCC(=O)O)C(=O)O)C(=O)O. The lowest BCUT2D eigenvalue weighted by molar-refractivity contribution is -0.140. The maximum absolute atomic E-state index is 11.9. The van der Waals surface area contributed by atoms with Gasteiger partial charge in [-0.2, -0.15) is 0 Å². The van der Waals surface area contributed by atoms with Gasteiger partial charge in [-0.25, -0.2) is 14.4 Å². The lowest BCUT2D eigenvalue weighted by Crippen LogP contribution is -2.51. The van der Waals surface area contributed by atoms with E-state index in [0.29, 0.717) is 32.1 Å². The summed E-state index contributed by atoms with van der Waals surface area (Å²) in [7, 11) is 0. The van der Waals surface area contributed by atoms with Crippen molar-refractivity contribution in [3.8, 4) is 0 Å². The van der Waals surface area contributed by atoms with Crippen molar-refractivity contribution in [3.05, 3.63) is 0 Å². The van der Waals surface area contributed by atoms with Crippen LogP contribution in [-0.4, -0.2) is 57.1 Å². The smallest absolute Gasteiger partial charge is 0.326 e. The molecule has 2 atom stereocenters. The zero-order chi connectivity index (χ0) is 22.9. The molecule has 0 radical (unpaired) electrons. The Hall–Kier alpha value is -2.65. The Morgan fingerprint density at radius 1 is 0.667 bits per heavy atom. The van der Waals surface area contributed by atoms with Crippen molar-refractivity contribution in [2.75, 3.05) is 0 Å². The molecular formula is C20H34N2O8. The molecule has 0 aromatic heterocycles. The third-order valence-electron chi connectivity index (χ3n) is 4.61. The van der Waals surface area contributed by atoms with Crippen LogP contribution in [0.5, 0.6) is 0 Å². The van der Waals surface area contributed by atoms with Crippen LogP contribution in [0.15, 0.2) is 0 Å². The van der Waals surface area contributed by atoms with Gasteiger partial charge in [-0.1, -0.05) is 39.0 Å². The van der Waals surface area contributed by atoms with Crippen LogP contribution >= 0.6 is 0 Å². The molecule has 0 aliphatic rings. The highest BCUT2D eigenvalue weighted by Gasteiger charge is 2.24. The number of Topliss-reactive ketones (excluding diaryl/α,β-unsaturated/α-hetero) is 1. The van der Waals surface area contributed by atoms with E-state index in [0.717, 1.165) is 25.7 Å². The van der Waals surface area contributed by atoms with Crippen molar-refractivity contribution in [2.45, 2.75) is 96.1 Å². The first kappa shape index (κ1) is 27.4. The van der Waals surface area contributed by atoms with Crippen LogP contribution in [-0.2, 0) is 19.2 Å². The molecule has 30 heavy (non-hydrogen) atoms. The number of carbonyl (C=O) groups is 5. The number of aliphatic carboxylic acids is 3. The second kappa shape index (κ2) is 16.2. The van der Waals surface area contributed by atoms with E-state index < -0.39 is 42.4 Å². The van der Waals surface area contributed by atoms with Gasteiger partial charge in [0.15, 0.2) is 0 Å². The van der Waals surface area contributed by atoms with Gasteiger partial charge < -0.3 is 26.0 Å². The van der Waals surface area contributed by atoms with Gasteiger partial charge in [0.1, 0.15) is 17.9 Å². The summed E-state index contributed by atoms with van der Waals surface area (Å²) < 4.78 is 0. The summed E-state index contributed by atoms with van der Waals surface area (Å²) in [5.41, 5.74) is 0. The highest BCUT2D eigenvalue weighted by molar-refractivity contribution is 5.86. The molecule has 2 unspecified atom stereocenters. The lowest BCUT2D eigenvalue weighted by atomic mass is 10.0. The maximum Gasteiger partial charge on any atom is 0.326 e. The largest absolute Gasteiger partial charge is 0.481 e. The molecule has 172 valence electrons. The number of rotatable bonds is 18. The number of ketones is 1. The van der Waals surface area contributed by atoms with E-state index in [1.165, 1.54) is 0 Å². The average molecular weight is 430 g/mol. The molecule has 0 spiro atoms. The lowest BCUT2D eigenvalue weighted by Gasteiger charge is -2.18. The van der Waals surface area contributed by atoms with E-state index in [9.17, 15) is 29.1 Å². The van der Waals surface area contributed by atoms with Crippen LogP contribution in [0, 0.1) is 0 Å². The van der Waals surface area contributed by atoms with E-state index in [2.05, 4.69) is 17.6 Å². The molecule has 0 aromatic rings. The average Bonchev–Trinajstić information content (AvgIpc) is 2.66. The summed E-state index contributed by atoms with van der Waals surface area (Å²) in [5, 5.41) is 31.2. The molecule has 0 saturated carbocycles. The topological polar surface area (TPSA) is 170 Å². The fraction of sp³-hybridized carbons (Fsp3) is 0.750. The number of nitrogens with one attached hydrogen (secondary N) is 2. The monoisotopic (exact) mass is 430 g/mol. The molecule has 2 amide bonds. The number of carboxylic acid groups (broad SMARTS) is 3. The molecule has 0 saturated heterocycles. The van der Waals surface area contributed by atoms with Crippen LogP contribution in [0.1, 0.15) is 84.0 Å². The summed E-state index contributed by atoms with van der Waals surface area (Å²) in [6, 6.07) is -3.62. The van der Waals surface area contributed by atoms with Gasteiger partial charge in [0.05, 0.1) is 0 Å². The van der Waals surface area contributed by atoms with Crippen molar-refractivity contribution >= 4 is 29.7 Å². The molecule has 0 aromatic carbocycles. The van der Waals surface area contributed by atoms with E-state index in [1.807, 2.05) is 0 Å². The van der Waals surface area contributed by atoms with Crippen LogP contribution in [0.25, 0.3) is 0 Å². The molecule has 0 aliphatic heterocycles. The van der Waals surface area contributed by atoms with Crippen molar-refractivity contribution in [3.63, 3.8) is 0 Å². The van der Waals surface area contributed by atoms with Crippen LogP contribution in [0.4, 0.5) is 4.79 Å². The second-order valence-electron chi connectivity index (χ2n) is 7.28. The normalized spacial score (nSPS) is 12.6. The number of unbranched alkanes of at least 4 members (excludes halogenated alkanes) is 5. The second-order valence-corrected chi connectivity index (χ2v) is 7.28. The Kier molecular flexibility index (Phi) is 14.8. The van der Waals surface area contributed by atoms with Gasteiger partial charge in [0, 0.05) is 19.3 Å². The third kappa shape index (κ3) is 14.4. The number of hydrogen-bond donors (Lipinski definition) is 5. The number of carbonyl (C=O) groups excluding carboxylic acids is 2. The Bertz CT molecular complexity index is 579. The number of amides is 2. The molecule has 0 rings (SSSR count). The Morgan fingerprint density at radius 2 is 1.17 bits per heavy atom. The first-order valence-electron chi connectivity index (χ1n) is 10.4. The van der Waals surface area contributed by atoms with E-state index >= 15 is 0 Å². The molecule has 0 heterocycles. The first-order valence-corrected chi connectivity index (χ1v) is 10.4. The minimum absolute atomic E-state index is 0.139. The Balaban J connectivity index is 4.23. The molecule has 10 nitrogen and oxygen atoms in total. The minimum Gasteiger partial charge on any atom is -0.481 e. The molecule has 0 bridgehead atoms. The summed E-state index contributed by atoms with van der Waals surface area (Å²) in [6.45, 7) is 2.11. The highest BCUT2D eigenvalue weighted by atomic mass is 16.4. The third-order valence-corrected chi connectivity index (χ3v) is 4.61. The fourth-order valence-corrected chi connectivity index (χ4v) is 2.86. The van der Waals surface area contributed by atoms with Gasteiger partial charge in [-0.05, 0) is 25.7 Å². The minimum atomic E-state index is -1.43. The maximum atomic E-state index is 11.9. The predicted molar refractivity (Wildman–Crippen MR) is 108 cm³/mol. The van der Waals surface area contributed by atoms with E-state index in [1.54, 1.807) is 0 Å². The van der Waals surface area contributed by atoms with Gasteiger partial charge in [0.2, 0.25) is 0 Å². The number of urea groups is 1. The van der Waals surface area contributed by atoms with Crippen molar-refractivity contribution in [1.82, 2.24) is 10.6 Å². The standard InChI is InChI=1S/C20H34N2O8/c1-2-3-4-6-9-14(23)10-7-5-8-11-15(18(26)27)21-20(30)22-16(19(28)29)12-13-17(24)25/h15-16H,2-13H2,1H3,(H,24,25)(H,26,27)(H,28,29)(H2,21,22,30). The first-order chi connectivity index (χ1) is 14.2. The predicted octanol–water partition coefficient (Wildman–Crippen LogP) is 2.55. The van der Waals surface area contributed by atoms with Gasteiger partial charge in [-0.15, -0.1) is 0 Å². The molecular weight excluding hydrogens is 396 g/mol. The summed E-state index contributed by atoms with van der Waals surface area (Å²) >= 11 is 0. The van der Waals surface area contributed by atoms with Gasteiger partial charge in [-0.3, -0.25) is 9.59 Å². The zero-order valence-corrected chi connectivity index (χ0v) is 17.5. The summed E-state index contributed by atoms with van der Waals surface area (Å²) in [5.74, 6) is -3.65. The fourth-order valence-electron chi connectivity index (χ4n) is 2.86. The molecule has 0 aliphatic carbocycles. The highest BCUT2D eigenvalue weighted by Crippen LogP contribution is 2.10. The van der Waals surface area contributed by atoms with Gasteiger partial charge in [0.25, 0.3) is 0 Å². The summed E-state index contributed by atoms with van der Waals surface area (Å²) in [6.07, 6.45) is 6.38. The van der Waals surface area contributed by atoms with Crippen molar-refractivity contribution in [1.29, 1.82) is 0 Å². The van der Waals surface area contributed by atoms with Crippen molar-refractivity contribution in [2.24, 2.45) is 0 Å². The van der Waals surface area contributed by atoms with E-state index in [-0.39, 0.29) is 18.6 Å². The van der Waals surface area contributed by atoms with Crippen LogP contribution < -0.4 is 10.6 Å². The summed E-state index contributed by atoms with van der Waals surface area (Å²) in [4.78, 5) is 56.6. The Morgan fingerprint density at radius 3 is 1.63 bits per heavy atom.